The molecule has 7 nitrogen and oxygen atoms in total. The summed E-state index contributed by atoms with van der Waals surface area (Å²) in [7, 11) is 0. The minimum Gasteiger partial charge on any atom is -0.489 e. The zero-order valence-electron chi connectivity index (χ0n) is 19.1. The van der Waals surface area contributed by atoms with Gasteiger partial charge in [-0.05, 0) is 36.2 Å². The number of fused-ring (bicyclic) bond motifs is 1. The van der Waals surface area contributed by atoms with Gasteiger partial charge in [0.05, 0.1) is 5.57 Å². The van der Waals surface area contributed by atoms with Crippen LogP contribution in [0.3, 0.4) is 0 Å². The molecule has 4 aromatic rings. The molecule has 0 saturated carbocycles. The van der Waals surface area contributed by atoms with E-state index in [1.807, 2.05) is 85.8 Å². The molecule has 1 amide bonds. The number of benzene rings is 3. The zero-order chi connectivity index (χ0) is 24.2. The Morgan fingerprint density at radius 1 is 1.03 bits per heavy atom. The number of nitrogens with one attached hydrogen (secondary N) is 2. The second-order valence-electron chi connectivity index (χ2n) is 8.22. The summed E-state index contributed by atoms with van der Waals surface area (Å²) in [6, 6.07) is 24.5. The largest absolute Gasteiger partial charge is 0.489 e. The zero-order valence-corrected chi connectivity index (χ0v) is 19.9. The van der Waals surface area contributed by atoms with E-state index < -0.39 is 6.04 Å². The Kier molecular flexibility index (Phi) is 6.50. The van der Waals surface area contributed by atoms with E-state index >= 15 is 0 Å². The van der Waals surface area contributed by atoms with Crippen LogP contribution in [0.5, 0.6) is 5.75 Å². The number of carbonyl (C=O) groups excluding carboxylic acids is 1. The van der Waals surface area contributed by atoms with Crippen molar-refractivity contribution in [3.05, 3.63) is 118 Å². The van der Waals surface area contributed by atoms with Gasteiger partial charge in [-0.25, -0.2) is 4.68 Å². The summed E-state index contributed by atoms with van der Waals surface area (Å²) >= 11 is 6.01. The maximum atomic E-state index is 13.5. The molecule has 176 valence electrons. The van der Waals surface area contributed by atoms with Gasteiger partial charge in [-0.1, -0.05) is 72.3 Å². The lowest BCUT2D eigenvalue weighted by Gasteiger charge is -2.29. The van der Waals surface area contributed by atoms with Crippen molar-refractivity contribution in [2.75, 3.05) is 5.32 Å². The van der Waals surface area contributed by atoms with Gasteiger partial charge < -0.3 is 15.4 Å². The molecule has 0 radical (unpaired) electrons. The molecule has 35 heavy (non-hydrogen) atoms. The van der Waals surface area contributed by atoms with E-state index in [2.05, 4.69) is 20.7 Å². The fraction of sp³-hybridized carbons (Fsp3) is 0.148. The summed E-state index contributed by atoms with van der Waals surface area (Å²) in [6.07, 6.45) is 1.48. The predicted octanol–water partition coefficient (Wildman–Crippen LogP) is 5.12. The number of halogens is 1. The van der Waals surface area contributed by atoms with Gasteiger partial charge in [-0.3, -0.25) is 4.79 Å². The molecule has 1 atom stereocenters. The average Bonchev–Trinajstić information content (AvgIpc) is 3.35. The van der Waals surface area contributed by atoms with Crippen molar-refractivity contribution in [3.8, 4) is 5.75 Å². The molecule has 0 spiro atoms. The molecule has 5 rings (SSSR count). The maximum Gasteiger partial charge on any atom is 0.251 e. The summed E-state index contributed by atoms with van der Waals surface area (Å²) in [6.45, 7) is 2.66. The molecule has 3 aromatic carbocycles. The predicted molar refractivity (Wildman–Crippen MR) is 135 cm³/mol. The summed E-state index contributed by atoms with van der Waals surface area (Å²) < 4.78 is 7.94. The summed E-state index contributed by atoms with van der Waals surface area (Å²) in [5.74, 6) is 1.05. The Morgan fingerprint density at radius 3 is 2.57 bits per heavy atom. The molecule has 8 heteroatoms. The van der Waals surface area contributed by atoms with E-state index in [1.165, 1.54) is 6.33 Å². The third kappa shape index (κ3) is 4.90. The monoisotopic (exact) mass is 485 g/mol. The van der Waals surface area contributed by atoms with E-state index in [-0.39, 0.29) is 5.91 Å². The molecule has 1 unspecified atom stereocenters. The molecule has 0 saturated heterocycles. The van der Waals surface area contributed by atoms with Gasteiger partial charge >= 0.3 is 0 Å². The van der Waals surface area contributed by atoms with Crippen LogP contribution in [0.15, 0.2) is 96.5 Å². The molecule has 2 N–H and O–H groups in total. The second kappa shape index (κ2) is 10.0. The van der Waals surface area contributed by atoms with Gasteiger partial charge in [0.1, 0.15) is 24.7 Å². The quantitative estimate of drug-likeness (QED) is 0.380. The third-order valence-corrected chi connectivity index (χ3v) is 6.11. The minimum atomic E-state index is -0.508. The molecular weight excluding hydrogens is 462 g/mol. The number of rotatable bonds is 7. The number of allylic oxidation sites excluding steroid dienone is 1. The SMILES string of the molecule is CC1=C(C(=O)NCc2ccccc2)C(c2ccccc2OCc2ccc(Cl)cc2)n2ncnc2N1. The van der Waals surface area contributed by atoms with E-state index in [1.54, 1.807) is 4.68 Å². The van der Waals surface area contributed by atoms with Crippen molar-refractivity contribution in [2.45, 2.75) is 26.1 Å². The first-order chi connectivity index (χ1) is 17.1. The first-order valence-corrected chi connectivity index (χ1v) is 11.6. The number of amides is 1. The fourth-order valence-corrected chi connectivity index (χ4v) is 4.25. The number of hydrogen-bond acceptors (Lipinski definition) is 5. The molecule has 1 aliphatic rings. The lowest BCUT2D eigenvalue weighted by Crippen LogP contribution is -2.35. The second-order valence-corrected chi connectivity index (χ2v) is 8.65. The van der Waals surface area contributed by atoms with Crippen LogP contribution < -0.4 is 15.4 Å². The van der Waals surface area contributed by atoms with Crippen molar-refractivity contribution >= 4 is 23.5 Å². The number of para-hydroxylation sites is 1. The average molecular weight is 486 g/mol. The van der Waals surface area contributed by atoms with Crippen LogP contribution in [0.25, 0.3) is 0 Å². The molecule has 2 heterocycles. The topological polar surface area (TPSA) is 81.1 Å². The van der Waals surface area contributed by atoms with Crippen molar-refractivity contribution in [1.82, 2.24) is 20.1 Å². The Hall–Kier alpha value is -4.10. The number of nitrogens with zero attached hydrogens (tertiary/aromatic N) is 3. The number of ether oxygens (including phenoxy) is 1. The summed E-state index contributed by atoms with van der Waals surface area (Å²) in [5, 5.41) is 11.4. The van der Waals surface area contributed by atoms with Crippen molar-refractivity contribution in [1.29, 1.82) is 0 Å². The van der Waals surface area contributed by atoms with Crippen molar-refractivity contribution < 1.29 is 9.53 Å². The molecule has 0 aliphatic carbocycles. The van der Waals surface area contributed by atoms with Gasteiger partial charge in [-0.2, -0.15) is 10.1 Å². The standard InChI is InChI=1S/C27H24ClN5O2/c1-18-24(26(34)29-15-19-7-3-2-4-8-19)25(33-27(32-18)30-17-31-33)22-9-5-6-10-23(22)35-16-20-11-13-21(28)14-12-20/h2-14,17,25H,15-16H2,1H3,(H,29,34)(H,30,31,32). The Morgan fingerprint density at radius 2 is 1.77 bits per heavy atom. The highest BCUT2D eigenvalue weighted by molar-refractivity contribution is 6.30. The smallest absolute Gasteiger partial charge is 0.251 e. The highest BCUT2D eigenvalue weighted by atomic mass is 35.5. The minimum absolute atomic E-state index is 0.183. The number of carbonyl (C=O) groups is 1. The molecule has 1 aromatic heterocycles. The van der Waals surface area contributed by atoms with Crippen LogP contribution in [0, 0.1) is 0 Å². The first-order valence-electron chi connectivity index (χ1n) is 11.3. The number of anilines is 1. The number of hydrogen-bond donors (Lipinski definition) is 2. The van der Waals surface area contributed by atoms with Crippen LogP contribution in [0.4, 0.5) is 5.95 Å². The maximum absolute atomic E-state index is 13.5. The molecule has 0 bridgehead atoms. The number of aromatic nitrogens is 3. The highest BCUT2D eigenvalue weighted by Crippen LogP contribution is 2.39. The Bertz CT molecular complexity index is 1370. The van der Waals surface area contributed by atoms with Crippen molar-refractivity contribution in [3.63, 3.8) is 0 Å². The Balaban J connectivity index is 1.46. The lowest BCUT2D eigenvalue weighted by atomic mass is 9.94. The van der Waals surface area contributed by atoms with Gasteiger partial charge in [0.2, 0.25) is 5.95 Å². The van der Waals surface area contributed by atoms with E-state index in [4.69, 9.17) is 16.3 Å². The van der Waals surface area contributed by atoms with E-state index in [9.17, 15) is 4.79 Å². The molecule has 0 fully saturated rings. The van der Waals surface area contributed by atoms with Crippen LogP contribution >= 0.6 is 11.6 Å². The summed E-state index contributed by atoms with van der Waals surface area (Å²) in [4.78, 5) is 17.8. The highest BCUT2D eigenvalue weighted by Gasteiger charge is 2.35. The molecular formula is C27H24ClN5O2. The lowest BCUT2D eigenvalue weighted by molar-refractivity contribution is -0.118. The normalized spacial score (nSPS) is 14.7. The fourth-order valence-electron chi connectivity index (χ4n) is 4.13. The van der Waals surface area contributed by atoms with E-state index in [0.717, 1.165) is 16.7 Å². The van der Waals surface area contributed by atoms with Crippen LogP contribution in [-0.2, 0) is 17.9 Å². The third-order valence-electron chi connectivity index (χ3n) is 5.86. The van der Waals surface area contributed by atoms with Gasteiger partial charge in [-0.15, -0.1) is 0 Å². The van der Waals surface area contributed by atoms with Crippen LogP contribution in [-0.4, -0.2) is 20.7 Å². The Labute approximate surface area is 208 Å². The summed E-state index contributed by atoms with van der Waals surface area (Å²) in [5.41, 5.74) is 4.10. The van der Waals surface area contributed by atoms with Gasteiger partial charge in [0.25, 0.3) is 5.91 Å². The van der Waals surface area contributed by atoms with Crippen LogP contribution in [0.1, 0.15) is 29.7 Å². The van der Waals surface area contributed by atoms with Crippen molar-refractivity contribution in [2.24, 2.45) is 0 Å². The molecule has 1 aliphatic heterocycles. The first kappa shape index (κ1) is 22.7. The van der Waals surface area contributed by atoms with Crippen LogP contribution in [0.2, 0.25) is 5.02 Å². The van der Waals surface area contributed by atoms with Gasteiger partial charge in [0, 0.05) is 22.8 Å². The van der Waals surface area contributed by atoms with Gasteiger partial charge in [0.15, 0.2) is 0 Å². The van der Waals surface area contributed by atoms with E-state index in [0.29, 0.717) is 41.1 Å².